The highest BCUT2D eigenvalue weighted by Gasteiger charge is 2.36. The van der Waals surface area contributed by atoms with Crippen molar-refractivity contribution in [1.82, 2.24) is 5.32 Å². The molecule has 1 aliphatic heterocycles. The molecule has 3 nitrogen and oxygen atoms in total. The summed E-state index contributed by atoms with van der Waals surface area (Å²) in [5.41, 5.74) is 0.112. The number of carboxylic acids is 1. The topological polar surface area (TPSA) is 49.3 Å². The summed E-state index contributed by atoms with van der Waals surface area (Å²) in [6, 6.07) is 0. The van der Waals surface area contributed by atoms with Crippen molar-refractivity contribution in [3.63, 3.8) is 0 Å². The van der Waals surface area contributed by atoms with Gasteiger partial charge in [-0.2, -0.15) is 0 Å². The Balaban J connectivity index is 3.07. The maximum absolute atomic E-state index is 10.8. The number of halogens is 2. The van der Waals surface area contributed by atoms with E-state index in [1.165, 1.54) is 12.2 Å². The monoisotopic (exact) mass is 221 g/mol. The van der Waals surface area contributed by atoms with Gasteiger partial charge in [-0.15, -0.1) is 0 Å². The Morgan fingerprint density at radius 3 is 2.77 bits per heavy atom. The number of allylic oxidation sites excluding steroid dienone is 2. The van der Waals surface area contributed by atoms with E-state index in [4.69, 9.17) is 28.3 Å². The zero-order valence-electron chi connectivity index (χ0n) is 6.97. The summed E-state index contributed by atoms with van der Waals surface area (Å²) in [7, 11) is 0. The van der Waals surface area contributed by atoms with E-state index in [2.05, 4.69) is 5.32 Å². The van der Waals surface area contributed by atoms with E-state index in [-0.39, 0.29) is 5.57 Å². The van der Waals surface area contributed by atoms with Crippen molar-refractivity contribution in [3.05, 3.63) is 22.9 Å². The lowest BCUT2D eigenvalue weighted by molar-refractivity contribution is -0.133. The van der Waals surface area contributed by atoms with E-state index >= 15 is 0 Å². The number of aliphatic carboxylic acids is 1. The van der Waals surface area contributed by atoms with Crippen LogP contribution >= 0.6 is 23.2 Å². The van der Waals surface area contributed by atoms with Crippen LogP contribution in [-0.4, -0.2) is 16.1 Å². The summed E-state index contributed by atoms with van der Waals surface area (Å²) < 4.78 is 0. The van der Waals surface area contributed by atoms with E-state index in [9.17, 15) is 4.79 Å². The molecule has 0 saturated carbocycles. The molecule has 0 aromatic heterocycles. The van der Waals surface area contributed by atoms with Gasteiger partial charge in [0.2, 0.25) is 0 Å². The summed E-state index contributed by atoms with van der Waals surface area (Å²) in [6.45, 7) is 1.78. The van der Waals surface area contributed by atoms with E-state index in [1.54, 1.807) is 6.92 Å². The number of rotatable bonds is 2. The van der Waals surface area contributed by atoms with Crippen molar-refractivity contribution in [2.45, 2.75) is 18.3 Å². The first kappa shape index (κ1) is 10.4. The van der Waals surface area contributed by atoms with Gasteiger partial charge in [-0.25, -0.2) is 4.79 Å². The molecule has 0 amide bonds. The Kier molecular flexibility index (Phi) is 2.88. The van der Waals surface area contributed by atoms with Crippen molar-refractivity contribution < 1.29 is 9.90 Å². The van der Waals surface area contributed by atoms with Gasteiger partial charge >= 0.3 is 5.97 Å². The first-order valence-electron chi connectivity index (χ1n) is 3.78. The predicted octanol–water partition coefficient (Wildman–Crippen LogP) is 2.03. The van der Waals surface area contributed by atoms with Crippen LogP contribution in [0.5, 0.6) is 0 Å². The molecule has 0 saturated heterocycles. The second-order valence-electron chi connectivity index (χ2n) is 2.68. The number of nitrogens with one attached hydrogen (secondary N) is 1. The number of hydrogen-bond acceptors (Lipinski definition) is 2. The number of carboxylic acid groups (broad SMARTS) is 1. The van der Waals surface area contributed by atoms with Gasteiger partial charge in [-0.3, -0.25) is 0 Å². The molecule has 72 valence electrons. The second kappa shape index (κ2) is 3.60. The standard InChI is InChI=1S/C8H9Cl2NO2/c1-2-8(10)5(7(12)13)3-4-6(9)11-8/h3-4,11H,2H2,1H3,(H,12,13). The highest BCUT2D eigenvalue weighted by Crippen LogP contribution is 2.31. The molecule has 0 aromatic carbocycles. The quantitative estimate of drug-likeness (QED) is 0.555. The number of alkyl halides is 1. The fourth-order valence-electron chi connectivity index (χ4n) is 1.11. The van der Waals surface area contributed by atoms with Crippen LogP contribution in [0, 0.1) is 0 Å². The first-order valence-corrected chi connectivity index (χ1v) is 4.53. The summed E-state index contributed by atoms with van der Waals surface area (Å²) in [4.78, 5) is 9.68. The molecule has 1 heterocycles. The maximum atomic E-state index is 10.8. The van der Waals surface area contributed by atoms with E-state index in [0.29, 0.717) is 11.6 Å². The zero-order valence-corrected chi connectivity index (χ0v) is 8.49. The largest absolute Gasteiger partial charge is 0.478 e. The fourth-order valence-corrected chi connectivity index (χ4v) is 1.62. The molecular weight excluding hydrogens is 213 g/mol. The van der Waals surface area contributed by atoms with Gasteiger partial charge in [0.25, 0.3) is 0 Å². The molecule has 1 atom stereocenters. The lowest BCUT2D eigenvalue weighted by Gasteiger charge is -2.30. The third-order valence-corrected chi connectivity index (χ3v) is 2.64. The Morgan fingerprint density at radius 1 is 1.69 bits per heavy atom. The lowest BCUT2D eigenvalue weighted by Crippen LogP contribution is -2.43. The van der Waals surface area contributed by atoms with Crippen molar-refractivity contribution in [2.75, 3.05) is 0 Å². The van der Waals surface area contributed by atoms with Gasteiger partial charge in [-0.1, -0.05) is 30.1 Å². The van der Waals surface area contributed by atoms with Gasteiger partial charge in [0, 0.05) is 0 Å². The molecule has 1 unspecified atom stereocenters. The van der Waals surface area contributed by atoms with Crippen LogP contribution in [0.3, 0.4) is 0 Å². The third-order valence-electron chi connectivity index (χ3n) is 1.86. The van der Waals surface area contributed by atoms with Gasteiger partial charge in [0.1, 0.15) is 10.2 Å². The van der Waals surface area contributed by atoms with Crippen molar-refractivity contribution in [2.24, 2.45) is 0 Å². The molecule has 0 aliphatic carbocycles. The van der Waals surface area contributed by atoms with E-state index in [1.807, 2.05) is 0 Å². The molecule has 0 fully saturated rings. The summed E-state index contributed by atoms with van der Waals surface area (Å²) in [6.07, 6.45) is 3.33. The Labute approximate surface area is 86.0 Å². The van der Waals surface area contributed by atoms with Gasteiger partial charge in [0.15, 0.2) is 0 Å². The minimum atomic E-state index is -1.09. The molecule has 1 rings (SSSR count). The zero-order chi connectivity index (χ0) is 10.1. The van der Waals surface area contributed by atoms with Gasteiger partial charge in [-0.05, 0) is 18.6 Å². The minimum absolute atomic E-state index is 0.112. The lowest BCUT2D eigenvalue weighted by atomic mass is 10.0. The maximum Gasteiger partial charge on any atom is 0.335 e. The number of carbonyl (C=O) groups is 1. The van der Waals surface area contributed by atoms with Gasteiger partial charge < -0.3 is 10.4 Å². The van der Waals surface area contributed by atoms with Crippen LogP contribution in [-0.2, 0) is 4.79 Å². The van der Waals surface area contributed by atoms with Crippen LogP contribution in [0.1, 0.15) is 13.3 Å². The highest BCUT2D eigenvalue weighted by molar-refractivity contribution is 6.33. The Hall–Kier alpha value is -0.670. The van der Waals surface area contributed by atoms with Crippen molar-refractivity contribution in [3.8, 4) is 0 Å². The Morgan fingerprint density at radius 2 is 2.31 bits per heavy atom. The van der Waals surface area contributed by atoms with E-state index < -0.39 is 11.0 Å². The minimum Gasteiger partial charge on any atom is -0.478 e. The van der Waals surface area contributed by atoms with Crippen LogP contribution in [0.15, 0.2) is 22.9 Å². The molecule has 1 aliphatic rings. The molecule has 0 spiro atoms. The molecule has 2 N–H and O–H groups in total. The Bertz CT molecular complexity index is 299. The summed E-state index contributed by atoms with van der Waals surface area (Å²) in [5, 5.41) is 11.9. The molecule has 0 bridgehead atoms. The smallest absolute Gasteiger partial charge is 0.335 e. The van der Waals surface area contributed by atoms with Crippen LogP contribution in [0.25, 0.3) is 0 Å². The average molecular weight is 222 g/mol. The fraction of sp³-hybridized carbons (Fsp3) is 0.375. The SMILES string of the molecule is CCC1(Cl)NC(Cl)=CC=C1C(=O)O. The van der Waals surface area contributed by atoms with Crippen molar-refractivity contribution in [1.29, 1.82) is 0 Å². The molecule has 13 heavy (non-hydrogen) atoms. The molecule has 0 radical (unpaired) electrons. The van der Waals surface area contributed by atoms with Gasteiger partial charge in [0.05, 0.1) is 5.57 Å². The molecule has 0 aromatic rings. The van der Waals surface area contributed by atoms with Crippen LogP contribution in [0.4, 0.5) is 0 Å². The number of hydrogen-bond donors (Lipinski definition) is 2. The molecular formula is C8H9Cl2NO2. The van der Waals surface area contributed by atoms with Crippen molar-refractivity contribution >= 4 is 29.2 Å². The predicted molar refractivity (Wildman–Crippen MR) is 51.7 cm³/mol. The second-order valence-corrected chi connectivity index (χ2v) is 3.73. The first-order chi connectivity index (χ1) is 5.99. The highest BCUT2D eigenvalue weighted by atomic mass is 35.5. The number of dihydropyridines is 1. The van der Waals surface area contributed by atoms with Crippen LogP contribution in [0.2, 0.25) is 0 Å². The van der Waals surface area contributed by atoms with E-state index in [0.717, 1.165) is 0 Å². The third kappa shape index (κ3) is 1.98. The summed E-state index contributed by atoms with van der Waals surface area (Å²) >= 11 is 11.7. The molecule has 5 heteroatoms. The van der Waals surface area contributed by atoms with Crippen LogP contribution < -0.4 is 5.32 Å². The average Bonchev–Trinajstić information content (AvgIpc) is 2.03. The normalized spacial score (nSPS) is 27.3. The summed E-state index contributed by atoms with van der Waals surface area (Å²) in [5.74, 6) is -1.04.